The fraction of sp³-hybridized carbons (Fsp3) is 0.0667. The summed E-state index contributed by atoms with van der Waals surface area (Å²) in [6.45, 7) is 0. The molecule has 0 amide bonds. The van der Waals surface area contributed by atoms with E-state index < -0.39 is 7.92 Å². The molecule has 0 unspecified atom stereocenters. The van der Waals surface area contributed by atoms with Crippen molar-refractivity contribution in [3.8, 4) is 0 Å². The summed E-state index contributed by atoms with van der Waals surface area (Å²) in [5, 5.41) is 2.15. The van der Waals surface area contributed by atoms with Crippen LogP contribution in [0.3, 0.4) is 0 Å². The van der Waals surface area contributed by atoms with Crippen LogP contribution in [0.15, 0.2) is 125 Å². The molecule has 0 N–H and O–H groups in total. The molecule has 6 rings (SSSR count). The normalized spacial score (nSPS) is 16.1. The van der Waals surface area contributed by atoms with Gasteiger partial charge in [-0.3, -0.25) is 9.59 Å². The van der Waals surface area contributed by atoms with Crippen LogP contribution in [0.25, 0.3) is 10.8 Å². The van der Waals surface area contributed by atoms with Crippen molar-refractivity contribution in [3.05, 3.63) is 162 Å². The van der Waals surface area contributed by atoms with Crippen LogP contribution in [-0.4, -0.2) is 9.36 Å². The van der Waals surface area contributed by atoms with Crippen molar-refractivity contribution in [2.45, 2.75) is 11.6 Å². The topological polar surface area (TPSA) is 44.0 Å². The zero-order chi connectivity index (χ0) is 24.4. The molecule has 1 aliphatic heterocycles. The van der Waals surface area contributed by atoms with Gasteiger partial charge >= 0.3 is 27.0 Å². The Morgan fingerprint density at radius 3 is 1.24 bits per heavy atom. The first-order chi connectivity index (χ1) is 17.3. The van der Waals surface area contributed by atoms with Gasteiger partial charge in [0.05, 0.1) is 24.0 Å². The summed E-state index contributed by atoms with van der Waals surface area (Å²) < 4.78 is 3.50. The van der Waals surface area contributed by atoms with Crippen molar-refractivity contribution in [1.29, 1.82) is 0 Å². The van der Waals surface area contributed by atoms with Gasteiger partial charge in [0.1, 0.15) is 0 Å². The molecule has 0 saturated heterocycles. The van der Waals surface area contributed by atoms with E-state index >= 15 is 0 Å². The summed E-state index contributed by atoms with van der Waals surface area (Å²) in [6.07, 6.45) is 0. The van der Waals surface area contributed by atoms with Gasteiger partial charge < -0.3 is 14.9 Å². The number of halogens is 1. The van der Waals surface area contributed by atoms with E-state index in [1.807, 2.05) is 84.0 Å². The molecule has 0 aliphatic carbocycles. The number of fused-ring (bicyclic) bond motifs is 2. The number of benzene rings is 4. The first-order valence-electron chi connectivity index (χ1n) is 11.2. The molecule has 0 spiro atoms. The Labute approximate surface area is 233 Å². The summed E-state index contributed by atoms with van der Waals surface area (Å²) in [5.74, 6) is -0.428. The van der Waals surface area contributed by atoms with E-state index in [1.165, 1.54) is 5.30 Å². The Hall–Kier alpha value is -2.84. The molecule has 7 heteroatoms. The van der Waals surface area contributed by atoms with Gasteiger partial charge in [-0.1, -0.05) is 91.0 Å². The van der Waals surface area contributed by atoms with Gasteiger partial charge in [-0.2, -0.15) is 9.36 Å². The molecule has 4 nitrogen and oxygen atoms in total. The molecule has 0 radical (unpaired) electrons. The van der Waals surface area contributed by atoms with Gasteiger partial charge in [0.25, 0.3) is 11.1 Å². The second-order valence-corrected chi connectivity index (χ2v) is 10.9. The number of hydrogen-bond donors (Lipinski definition) is 0. The average molecular weight is 618 g/mol. The fourth-order valence-electron chi connectivity index (χ4n) is 5.05. The first kappa shape index (κ1) is 28.7. The van der Waals surface area contributed by atoms with E-state index in [9.17, 15) is 9.59 Å². The number of rotatable bonds is 3. The Morgan fingerprint density at radius 1 is 0.541 bits per heavy atom. The molecule has 2 atom stereocenters. The van der Waals surface area contributed by atoms with Crippen LogP contribution in [0, 0.1) is 14.9 Å². The molecule has 37 heavy (non-hydrogen) atoms. The summed E-state index contributed by atoms with van der Waals surface area (Å²) in [5.41, 5.74) is 1.88. The molecule has 4 aromatic carbocycles. The zero-order valence-corrected chi connectivity index (χ0v) is 23.9. The molecule has 1 aromatic heterocycles. The Balaban J connectivity index is 0.000000929. The van der Waals surface area contributed by atoms with Crippen LogP contribution in [0.2, 0.25) is 0 Å². The SMILES string of the molecule is O=c1c2ccccc2c(=O)n2n1[C@H](c1ccccc1)[PH+](c1ccccc1)[C@H]2c1ccccc1.[CH3-].[CH3-].[Cl][Rh+2]. The van der Waals surface area contributed by atoms with E-state index in [4.69, 9.17) is 0 Å². The summed E-state index contributed by atoms with van der Waals surface area (Å²) in [6, 6.07) is 37.8. The average Bonchev–Trinajstić information content (AvgIpc) is 3.31. The fourth-order valence-corrected chi connectivity index (χ4v) is 8.67. The molecule has 2 heterocycles. The zero-order valence-electron chi connectivity index (χ0n) is 20.5. The maximum absolute atomic E-state index is 13.9. The predicted octanol–water partition coefficient (Wildman–Crippen LogP) is 6.40. The Morgan fingerprint density at radius 2 is 0.865 bits per heavy atom. The minimum atomic E-state index is -1.52. The van der Waals surface area contributed by atoms with Gasteiger partial charge in [0, 0.05) is 11.1 Å². The van der Waals surface area contributed by atoms with E-state index in [1.54, 1.807) is 21.5 Å². The van der Waals surface area contributed by atoms with Crippen molar-refractivity contribution >= 4 is 33.7 Å². The third kappa shape index (κ3) is 5.01. The standard InChI is InChI=1S/C28H21N2O2P.2CH3.ClH.Rh/c31-25-23-18-10-11-19-24(23)26(32)30-28(21-14-6-2-7-15-21)33(22-16-8-3-9-17-22)27(29(25)30)20-12-4-1-5-13-20;;;;/h1-19,27-28H;2*1H3;1H;/q;2*-1;;+3/t27-,28-;;;;/m0..../s1. The molecule has 5 aromatic rings. The van der Waals surface area contributed by atoms with E-state index in [-0.39, 0.29) is 37.5 Å². The van der Waals surface area contributed by atoms with Gasteiger partial charge in [-0.25, -0.2) is 0 Å². The predicted molar refractivity (Wildman–Crippen MR) is 155 cm³/mol. The second kappa shape index (κ2) is 12.6. The second-order valence-electron chi connectivity index (χ2n) is 8.29. The molecule has 1 aliphatic rings. The molecule has 0 fully saturated rings. The number of hydrogen-bond acceptors (Lipinski definition) is 2. The van der Waals surface area contributed by atoms with Gasteiger partial charge in [-0.15, -0.1) is 0 Å². The van der Waals surface area contributed by atoms with Crippen molar-refractivity contribution in [1.82, 2.24) is 9.36 Å². The number of nitrogens with zero attached hydrogens (tertiary/aromatic N) is 2. The van der Waals surface area contributed by atoms with Crippen LogP contribution in [0.5, 0.6) is 0 Å². The van der Waals surface area contributed by atoms with E-state index in [0.717, 1.165) is 11.1 Å². The van der Waals surface area contributed by atoms with Crippen LogP contribution in [0.1, 0.15) is 22.7 Å². The van der Waals surface area contributed by atoms with Crippen molar-refractivity contribution < 1.29 is 17.3 Å². The monoisotopic (exact) mass is 617 g/mol. The Kier molecular flexibility index (Phi) is 9.79. The van der Waals surface area contributed by atoms with Crippen LogP contribution < -0.4 is 16.4 Å². The summed E-state index contributed by atoms with van der Waals surface area (Å²) in [7, 11) is 3.01. The molecule has 0 bridgehead atoms. The van der Waals surface area contributed by atoms with Gasteiger partial charge in [-0.05, 0) is 24.3 Å². The Bertz CT molecular complexity index is 1470. The van der Waals surface area contributed by atoms with Crippen LogP contribution in [-0.2, 0) is 17.3 Å². The van der Waals surface area contributed by atoms with E-state index in [0.29, 0.717) is 10.8 Å². The van der Waals surface area contributed by atoms with Crippen molar-refractivity contribution in [3.63, 3.8) is 0 Å². The van der Waals surface area contributed by atoms with Gasteiger partial charge in [0.2, 0.25) is 0 Å². The quantitative estimate of drug-likeness (QED) is 0.134. The maximum atomic E-state index is 13.9. The van der Waals surface area contributed by atoms with Crippen LogP contribution >= 0.6 is 17.6 Å². The minimum absolute atomic E-state index is 0. The van der Waals surface area contributed by atoms with Gasteiger partial charge in [0.15, 0.2) is 11.6 Å². The molecular weight excluding hydrogens is 590 g/mol. The molecule has 190 valence electrons. The molecule has 0 saturated carbocycles. The third-order valence-corrected chi connectivity index (χ3v) is 9.79. The molecular formula is C30H28ClN2O2PRh+. The third-order valence-electron chi connectivity index (χ3n) is 6.45. The van der Waals surface area contributed by atoms with Crippen molar-refractivity contribution in [2.24, 2.45) is 0 Å². The summed E-state index contributed by atoms with van der Waals surface area (Å²) in [4.78, 5) is 27.9. The van der Waals surface area contributed by atoms with Crippen molar-refractivity contribution in [2.75, 3.05) is 0 Å². The van der Waals surface area contributed by atoms with E-state index in [2.05, 4.69) is 46.1 Å². The number of aromatic nitrogens is 2. The summed E-state index contributed by atoms with van der Waals surface area (Å²) >= 11 is 2.02. The van der Waals surface area contributed by atoms with Crippen LogP contribution in [0.4, 0.5) is 0 Å². The first-order valence-corrected chi connectivity index (χ1v) is 14.9.